The molecule has 19 heteroatoms. The van der Waals surface area contributed by atoms with Gasteiger partial charge in [0.15, 0.2) is 0 Å². The van der Waals surface area contributed by atoms with Gasteiger partial charge in [-0.3, -0.25) is 19.2 Å². The Labute approximate surface area is 332 Å². The van der Waals surface area contributed by atoms with Gasteiger partial charge < -0.3 is 41.1 Å². The van der Waals surface area contributed by atoms with E-state index in [-0.39, 0.29) is 57.8 Å². The van der Waals surface area contributed by atoms with Gasteiger partial charge in [0.1, 0.15) is 0 Å². The van der Waals surface area contributed by atoms with Crippen LogP contribution in [0.25, 0.3) is 0 Å². The Bertz CT molecular complexity index is 1260. The molecule has 0 heterocycles. The zero-order chi connectivity index (χ0) is 31.2. The fourth-order valence-corrected chi connectivity index (χ4v) is 11.1. The van der Waals surface area contributed by atoms with Gasteiger partial charge in [0.2, 0.25) is 23.6 Å². The van der Waals surface area contributed by atoms with E-state index < -0.39 is 11.9 Å². The molecule has 12 nitrogen and oxygen atoms in total. The number of benzene rings is 2. The van der Waals surface area contributed by atoms with E-state index in [0.717, 1.165) is 0 Å². The number of nitrogens with one attached hydrogen (secondary N) is 4. The number of hydrogen-bond acceptors (Lipinski definition) is 8. The summed E-state index contributed by atoms with van der Waals surface area (Å²) in [5.74, 6) is -4.07. The summed E-state index contributed by atoms with van der Waals surface area (Å²) >= 11 is 11.2. The summed E-state index contributed by atoms with van der Waals surface area (Å²) in [7, 11) is 0. The van der Waals surface area contributed by atoms with E-state index in [4.69, 9.17) is 0 Å². The van der Waals surface area contributed by atoms with Gasteiger partial charge in [0.05, 0.1) is 41.8 Å². The monoisotopic (exact) mass is 1250 g/mol. The Morgan fingerprint density at radius 3 is 0.732 bits per heavy atom. The Kier molecular flexibility index (Phi) is 18.6. The fraction of sp³-hybridized carbons (Fsp3) is 0.182. The van der Waals surface area contributed by atoms with Crippen molar-refractivity contribution in [3.8, 4) is 0 Å². The molecule has 4 amide bonds. The van der Waals surface area contributed by atoms with E-state index in [2.05, 4.69) is 21.3 Å². The molecule has 0 bridgehead atoms. The number of rotatable bonds is 6. The van der Waals surface area contributed by atoms with Crippen molar-refractivity contribution in [1.82, 2.24) is 0 Å². The molecule has 0 fully saturated rings. The van der Waals surface area contributed by atoms with E-state index in [1.165, 1.54) is 27.7 Å². The van der Waals surface area contributed by atoms with Crippen LogP contribution in [0.15, 0.2) is 0 Å². The van der Waals surface area contributed by atoms with Crippen LogP contribution in [0.2, 0.25) is 0 Å². The first-order chi connectivity index (χ1) is 18.3. The van der Waals surface area contributed by atoms with Gasteiger partial charge in [-0.15, -0.1) is 0 Å². The van der Waals surface area contributed by atoms with Gasteiger partial charge in [-0.25, -0.2) is 0 Å². The molecule has 2 aromatic rings. The average molecular weight is 1250 g/mol. The fourth-order valence-electron chi connectivity index (χ4n) is 2.83. The van der Waals surface area contributed by atoms with Crippen LogP contribution in [-0.4, -0.2) is 58.6 Å². The second-order valence-electron chi connectivity index (χ2n) is 7.43. The topological polar surface area (TPSA) is 197 Å². The Balaban J connectivity index is 0.000000762. The van der Waals surface area contributed by atoms with Crippen LogP contribution in [0, 0.1) is 21.4 Å². The quantitative estimate of drug-likeness (QED) is 0.250. The van der Waals surface area contributed by atoms with Gasteiger partial charge in [-0.2, -0.15) is 0 Å². The molecule has 0 saturated carbocycles. The predicted octanol–water partition coefficient (Wildman–Crippen LogP) is 3.18. The SMILES string of the molecule is CC(=O)Nc1c(I)c(NC(C)=O)c(I)c(C(=O)[O-])c1I.CC(=O)Nc1c(I)c(NC(C)=O)c(I)c(C(=O)[O-])c1I.[Mg+2]. The maximum absolute atomic E-state index is 11.3. The van der Waals surface area contributed by atoms with Crippen LogP contribution < -0.4 is 31.5 Å². The molecule has 0 aliphatic heterocycles. The molecule has 0 atom stereocenters. The number of carbonyl (C=O) groups is 6. The van der Waals surface area contributed by atoms with Crippen LogP contribution in [0.3, 0.4) is 0 Å². The normalized spacial score (nSPS) is 9.80. The summed E-state index contributed by atoms with van der Waals surface area (Å²) in [6, 6.07) is 0. The number of carboxylic acids is 2. The van der Waals surface area contributed by atoms with Crippen molar-refractivity contribution in [3.05, 3.63) is 32.5 Å². The van der Waals surface area contributed by atoms with Crippen LogP contribution in [-0.2, 0) is 19.2 Å². The minimum atomic E-state index is -1.37. The molecule has 2 aromatic carbocycles. The largest absolute Gasteiger partial charge is 2.00 e. The minimum Gasteiger partial charge on any atom is -0.545 e. The van der Waals surface area contributed by atoms with E-state index in [1.54, 1.807) is 0 Å². The summed E-state index contributed by atoms with van der Waals surface area (Å²) in [4.78, 5) is 67.6. The van der Waals surface area contributed by atoms with Gasteiger partial charge in [0, 0.05) is 53.1 Å². The van der Waals surface area contributed by atoms with Crippen molar-refractivity contribution in [2.75, 3.05) is 21.3 Å². The summed E-state index contributed by atoms with van der Waals surface area (Å²) in [5, 5.41) is 32.9. The van der Waals surface area contributed by atoms with Crippen molar-refractivity contribution >= 4 is 217 Å². The molecular formula is C22H16I6MgN4O8. The predicted molar refractivity (Wildman–Crippen MR) is 201 cm³/mol. The Morgan fingerprint density at radius 1 is 0.439 bits per heavy atom. The molecule has 0 unspecified atom stereocenters. The smallest absolute Gasteiger partial charge is 0.545 e. The van der Waals surface area contributed by atoms with Crippen LogP contribution in [0.1, 0.15) is 48.4 Å². The molecule has 0 aliphatic rings. The number of carboxylic acid groups (broad SMARTS) is 2. The molecule has 0 saturated heterocycles. The van der Waals surface area contributed by atoms with Gasteiger partial charge in [0.25, 0.3) is 0 Å². The molecule has 0 spiro atoms. The standard InChI is InChI=1S/2C11H9I3N2O4.Mg/c2*1-3(17)15-9-6(12)5(11(19)20)7(13)10(8(9)14)16-4(2)18;/h2*1-2H3,(H,15,17)(H,16,18)(H,19,20);/q;;+2/p-2. The molecule has 0 radical (unpaired) electrons. The molecule has 0 aliphatic carbocycles. The van der Waals surface area contributed by atoms with E-state index in [1.807, 2.05) is 136 Å². The van der Waals surface area contributed by atoms with Crippen LogP contribution in [0.5, 0.6) is 0 Å². The zero-order valence-electron chi connectivity index (χ0n) is 21.2. The summed E-state index contributed by atoms with van der Waals surface area (Å²) < 4.78 is 2.57. The number of carbonyl (C=O) groups excluding carboxylic acids is 6. The number of hydrogen-bond donors (Lipinski definition) is 4. The van der Waals surface area contributed by atoms with Crippen molar-refractivity contribution < 1.29 is 39.0 Å². The second-order valence-corrected chi connectivity index (χ2v) is 13.9. The third-order valence-electron chi connectivity index (χ3n) is 4.25. The van der Waals surface area contributed by atoms with Crippen molar-refractivity contribution in [2.24, 2.45) is 0 Å². The summed E-state index contributed by atoms with van der Waals surface area (Å²) in [5.41, 5.74) is 1.28. The van der Waals surface area contributed by atoms with Crippen LogP contribution in [0.4, 0.5) is 22.7 Å². The minimum absolute atomic E-state index is 0. The number of halogens is 6. The van der Waals surface area contributed by atoms with Gasteiger partial charge in [-0.1, -0.05) is 0 Å². The molecule has 4 N–H and O–H groups in total. The first-order valence-electron chi connectivity index (χ1n) is 10.3. The summed E-state index contributed by atoms with van der Waals surface area (Å²) in [6.07, 6.45) is 0. The van der Waals surface area contributed by atoms with Gasteiger partial charge in [-0.05, 0) is 136 Å². The van der Waals surface area contributed by atoms with Gasteiger partial charge >= 0.3 is 23.1 Å². The maximum Gasteiger partial charge on any atom is 2.00 e. The van der Waals surface area contributed by atoms with Crippen molar-refractivity contribution in [2.45, 2.75) is 27.7 Å². The van der Waals surface area contributed by atoms with E-state index >= 15 is 0 Å². The first kappa shape index (κ1) is 41.4. The van der Waals surface area contributed by atoms with Crippen LogP contribution >= 0.6 is 136 Å². The Morgan fingerprint density at radius 2 is 0.610 bits per heavy atom. The molecular weight excluding hydrogens is 1230 g/mol. The third kappa shape index (κ3) is 11.4. The van der Waals surface area contributed by atoms with Crippen molar-refractivity contribution in [1.29, 1.82) is 0 Å². The van der Waals surface area contributed by atoms with E-state index in [9.17, 15) is 39.0 Å². The molecule has 41 heavy (non-hydrogen) atoms. The maximum atomic E-state index is 11.3. The van der Waals surface area contributed by atoms with Crippen molar-refractivity contribution in [3.63, 3.8) is 0 Å². The first-order valence-corrected chi connectivity index (χ1v) is 16.7. The third-order valence-corrected chi connectivity index (χ3v) is 10.7. The Hall–Kier alpha value is 0.406. The van der Waals surface area contributed by atoms with E-state index in [0.29, 0.717) is 44.2 Å². The average Bonchev–Trinajstić information content (AvgIpc) is 2.79. The second kappa shape index (κ2) is 18.4. The molecule has 2 rings (SSSR count). The number of aromatic carboxylic acids is 2. The number of amides is 4. The molecule has 0 aromatic heterocycles. The molecule has 216 valence electrons. The zero-order valence-corrected chi connectivity index (χ0v) is 35.6. The number of anilines is 4. The summed E-state index contributed by atoms with van der Waals surface area (Å²) in [6.45, 7) is 5.28.